The first-order chi connectivity index (χ1) is 9.21. The molecule has 0 N–H and O–H groups in total. The molecule has 0 spiro atoms. The van der Waals surface area contributed by atoms with Crippen LogP contribution in [0.25, 0.3) is 0 Å². The van der Waals surface area contributed by atoms with Crippen molar-refractivity contribution >= 4 is 21.8 Å². The molecular formula is C14H18BrNO3. The number of carbonyl (C=O) groups excluding carboxylic acids is 1. The maximum Gasteiger partial charge on any atom is 0.257 e. The monoisotopic (exact) mass is 327 g/mol. The van der Waals surface area contributed by atoms with Crippen molar-refractivity contribution in [3.63, 3.8) is 0 Å². The second kappa shape index (κ2) is 6.28. The first kappa shape index (κ1) is 14.2. The van der Waals surface area contributed by atoms with Crippen LogP contribution >= 0.6 is 15.9 Å². The van der Waals surface area contributed by atoms with E-state index in [1.165, 1.54) is 0 Å². The summed E-state index contributed by atoms with van der Waals surface area (Å²) in [4.78, 5) is 14.5. The molecule has 5 heteroatoms. The standard InChI is InChI=1S/C14H18BrNO3/c1-18-11-5-6-12(13(8-11)19-2)14(17)16-7-3-4-10(16)9-15/h5-6,8,10H,3-4,7,9H2,1-2H3. The predicted molar refractivity (Wildman–Crippen MR) is 77.4 cm³/mol. The number of halogens is 1. The van der Waals surface area contributed by atoms with Crippen LogP contribution in [0.15, 0.2) is 18.2 Å². The van der Waals surface area contributed by atoms with E-state index in [9.17, 15) is 4.79 Å². The van der Waals surface area contributed by atoms with E-state index < -0.39 is 0 Å². The Morgan fingerprint density at radius 2 is 2.21 bits per heavy atom. The van der Waals surface area contributed by atoms with Crippen LogP contribution in [0.3, 0.4) is 0 Å². The van der Waals surface area contributed by atoms with Gasteiger partial charge in [0.05, 0.1) is 19.8 Å². The van der Waals surface area contributed by atoms with Gasteiger partial charge in [-0.25, -0.2) is 0 Å². The van der Waals surface area contributed by atoms with Gasteiger partial charge in [-0.15, -0.1) is 0 Å². The first-order valence-corrected chi connectivity index (χ1v) is 7.42. The van der Waals surface area contributed by atoms with Gasteiger partial charge in [0.25, 0.3) is 5.91 Å². The van der Waals surface area contributed by atoms with Crippen molar-refractivity contribution in [2.24, 2.45) is 0 Å². The minimum atomic E-state index is 0.0291. The SMILES string of the molecule is COc1ccc(C(=O)N2CCCC2CBr)c(OC)c1. The summed E-state index contributed by atoms with van der Waals surface area (Å²) in [6.07, 6.45) is 2.11. The van der Waals surface area contributed by atoms with Gasteiger partial charge in [-0.3, -0.25) is 4.79 Å². The molecular weight excluding hydrogens is 310 g/mol. The smallest absolute Gasteiger partial charge is 0.257 e. The van der Waals surface area contributed by atoms with Crippen LogP contribution in [0.4, 0.5) is 0 Å². The lowest BCUT2D eigenvalue weighted by atomic mass is 10.1. The summed E-state index contributed by atoms with van der Waals surface area (Å²) in [5.41, 5.74) is 0.594. The lowest BCUT2D eigenvalue weighted by Crippen LogP contribution is -2.36. The Hall–Kier alpha value is -1.23. The van der Waals surface area contributed by atoms with Gasteiger partial charge in [0, 0.05) is 24.0 Å². The molecule has 4 nitrogen and oxygen atoms in total. The van der Waals surface area contributed by atoms with Crippen molar-refractivity contribution in [3.8, 4) is 11.5 Å². The van der Waals surface area contributed by atoms with Crippen molar-refractivity contribution < 1.29 is 14.3 Å². The highest BCUT2D eigenvalue weighted by molar-refractivity contribution is 9.09. The fraction of sp³-hybridized carbons (Fsp3) is 0.500. The fourth-order valence-corrected chi connectivity index (χ4v) is 3.07. The Labute approximate surface area is 121 Å². The molecule has 1 aromatic rings. The number of methoxy groups -OCH3 is 2. The van der Waals surface area contributed by atoms with Crippen molar-refractivity contribution in [3.05, 3.63) is 23.8 Å². The molecule has 1 aromatic carbocycles. The fourth-order valence-electron chi connectivity index (χ4n) is 2.39. The molecule has 0 aliphatic carbocycles. The molecule has 1 amide bonds. The average molecular weight is 328 g/mol. The number of nitrogens with zero attached hydrogens (tertiary/aromatic N) is 1. The zero-order chi connectivity index (χ0) is 13.8. The van der Waals surface area contributed by atoms with Gasteiger partial charge >= 0.3 is 0 Å². The maximum atomic E-state index is 12.6. The van der Waals surface area contributed by atoms with Crippen molar-refractivity contribution in [2.75, 3.05) is 26.1 Å². The van der Waals surface area contributed by atoms with Gasteiger partial charge in [0.2, 0.25) is 0 Å². The topological polar surface area (TPSA) is 38.8 Å². The van der Waals surface area contributed by atoms with Crippen molar-refractivity contribution in [1.82, 2.24) is 4.90 Å². The zero-order valence-electron chi connectivity index (χ0n) is 11.2. The molecule has 1 aliphatic rings. The zero-order valence-corrected chi connectivity index (χ0v) is 12.8. The highest BCUT2D eigenvalue weighted by atomic mass is 79.9. The summed E-state index contributed by atoms with van der Waals surface area (Å²) in [6.45, 7) is 0.810. The summed E-state index contributed by atoms with van der Waals surface area (Å²) < 4.78 is 10.4. The van der Waals surface area contributed by atoms with Crippen LogP contribution in [0.1, 0.15) is 23.2 Å². The van der Waals surface area contributed by atoms with E-state index in [1.54, 1.807) is 32.4 Å². The van der Waals surface area contributed by atoms with E-state index in [0.29, 0.717) is 17.1 Å². The normalized spacial score (nSPS) is 18.5. The van der Waals surface area contributed by atoms with Gasteiger partial charge in [0.15, 0.2) is 0 Å². The summed E-state index contributed by atoms with van der Waals surface area (Å²) in [5.74, 6) is 1.28. The third-order valence-electron chi connectivity index (χ3n) is 3.46. The quantitative estimate of drug-likeness (QED) is 0.798. The molecule has 0 bridgehead atoms. The number of ether oxygens (including phenoxy) is 2. The largest absolute Gasteiger partial charge is 0.497 e. The van der Waals surface area contributed by atoms with Crippen molar-refractivity contribution in [1.29, 1.82) is 0 Å². The molecule has 0 radical (unpaired) electrons. The Kier molecular flexibility index (Phi) is 4.69. The number of amides is 1. The maximum absolute atomic E-state index is 12.6. The van der Waals surface area contributed by atoms with Crippen molar-refractivity contribution in [2.45, 2.75) is 18.9 Å². The first-order valence-electron chi connectivity index (χ1n) is 6.30. The van der Waals surface area contributed by atoms with Gasteiger partial charge < -0.3 is 14.4 Å². The van der Waals surface area contributed by atoms with E-state index in [0.717, 1.165) is 24.7 Å². The Morgan fingerprint density at radius 3 is 2.84 bits per heavy atom. The highest BCUT2D eigenvalue weighted by Gasteiger charge is 2.30. The van der Waals surface area contributed by atoms with Crippen LogP contribution in [0.2, 0.25) is 0 Å². The Balaban J connectivity index is 2.28. The van der Waals surface area contributed by atoms with Gasteiger partial charge in [-0.2, -0.15) is 0 Å². The second-order valence-corrected chi connectivity index (χ2v) is 5.16. The molecule has 1 heterocycles. The van der Waals surface area contributed by atoms with Gasteiger partial charge in [0.1, 0.15) is 11.5 Å². The van der Waals surface area contributed by atoms with Crippen LogP contribution in [0.5, 0.6) is 11.5 Å². The van der Waals surface area contributed by atoms with E-state index in [2.05, 4.69) is 15.9 Å². The highest BCUT2D eigenvalue weighted by Crippen LogP contribution is 2.28. The molecule has 2 rings (SSSR count). The number of alkyl halides is 1. The number of hydrogen-bond acceptors (Lipinski definition) is 3. The number of hydrogen-bond donors (Lipinski definition) is 0. The lowest BCUT2D eigenvalue weighted by Gasteiger charge is -2.24. The third-order valence-corrected chi connectivity index (χ3v) is 4.20. The van der Waals surface area contributed by atoms with Crippen LogP contribution in [-0.2, 0) is 0 Å². The summed E-state index contributed by atoms with van der Waals surface area (Å²) in [5, 5.41) is 0.817. The van der Waals surface area contributed by atoms with Gasteiger partial charge in [-0.05, 0) is 25.0 Å². The van der Waals surface area contributed by atoms with E-state index in [1.807, 2.05) is 4.90 Å². The Bertz CT molecular complexity index is 464. The van der Waals surface area contributed by atoms with Crippen LogP contribution < -0.4 is 9.47 Å². The number of likely N-dealkylation sites (tertiary alicyclic amines) is 1. The minimum Gasteiger partial charge on any atom is -0.497 e. The van der Waals surface area contributed by atoms with Crippen LogP contribution in [-0.4, -0.2) is 42.9 Å². The summed E-state index contributed by atoms with van der Waals surface area (Å²) in [6, 6.07) is 5.57. The number of benzene rings is 1. The van der Waals surface area contributed by atoms with E-state index in [4.69, 9.17) is 9.47 Å². The molecule has 1 saturated heterocycles. The molecule has 1 atom stereocenters. The predicted octanol–water partition coefficient (Wildman–Crippen LogP) is 2.70. The Morgan fingerprint density at radius 1 is 1.42 bits per heavy atom. The minimum absolute atomic E-state index is 0.0291. The summed E-state index contributed by atoms with van der Waals surface area (Å²) in [7, 11) is 3.16. The van der Waals surface area contributed by atoms with Crippen LogP contribution in [0, 0.1) is 0 Å². The molecule has 1 unspecified atom stereocenters. The summed E-state index contributed by atoms with van der Waals surface area (Å²) >= 11 is 3.47. The molecule has 19 heavy (non-hydrogen) atoms. The van der Waals surface area contributed by atoms with Gasteiger partial charge in [-0.1, -0.05) is 15.9 Å². The average Bonchev–Trinajstić information content (AvgIpc) is 2.94. The molecule has 0 aromatic heterocycles. The van der Waals surface area contributed by atoms with E-state index >= 15 is 0 Å². The lowest BCUT2D eigenvalue weighted by molar-refractivity contribution is 0.0747. The molecule has 0 saturated carbocycles. The molecule has 1 fully saturated rings. The second-order valence-electron chi connectivity index (χ2n) is 4.52. The molecule has 104 valence electrons. The van der Waals surface area contributed by atoms with E-state index in [-0.39, 0.29) is 11.9 Å². The number of rotatable bonds is 4. The molecule has 1 aliphatic heterocycles. The third kappa shape index (κ3) is 2.86. The number of carbonyl (C=O) groups is 1.